The van der Waals surface area contributed by atoms with Crippen LogP contribution in [0.15, 0.2) is 30.3 Å². The normalized spacial score (nSPS) is 11.9. The van der Waals surface area contributed by atoms with E-state index in [0.717, 1.165) is 23.5 Å². The molecule has 126 valence electrons. The number of halogens is 3. The molecule has 0 saturated heterocycles. The summed E-state index contributed by atoms with van der Waals surface area (Å²) >= 11 is 1.13. The predicted octanol–water partition coefficient (Wildman–Crippen LogP) is 3.71. The molecule has 5 nitrogen and oxygen atoms in total. The lowest BCUT2D eigenvalue weighted by molar-refractivity contribution is -0.137. The molecule has 9 heteroatoms. The zero-order valence-electron chi connectivity index (χ0n) is 12.6. The van der Waals surface area contributed by atoms with Crippen LogP contribution in [0.5, 0.6) is 0 Å². The number of amides is 1. The van der Waals surface area contributed by atoms with Gasteiger partial charge < -0.3 is 0 Å². The van der Waals surface area contributed by atoms with Crippen molar-refractivity contribution in [2.45, 2.75) is 13.1 Å². The molecule has 2 heterocycles. The van der Waals surface area contributed by atoms with E-state index < -0.39 is 17.6 Å². The number of hydroxylamine groups is 1. The van der Waals surface area contributed by atoms with Gasteiger partial charge in [-0.15, -0.1) is 11.3 Å². The molecule has 24 heavy (non-hydrogen) atoms. The number of hydrogen-bond acceptors (Lipinski definition) is 4. The Bertz CT molecular complexity index is 914. The molecule has 0 saturated carbocycles. The number of nitrogens with one attached hydrogen (secondary N) is 1. The highest BCUT2D eigenvalue weighted by Gasteiger charge is 2.30. The molecule has 2 aromatic heterocycles. The third-order valence-corrected chi connectivity index (χ3v) is 4.49. The van der Waals surface area contributed by atoms with Crippen molar-refractivity contribution in [1.82, 2.24) is 15.3 Å². The van der Waals surface area contributed by atoms with E-state index in [4.69, 9.17) is 0 Å². The standard InChI is InChI=1S/C15H12F3N3O2S/c1-8-11-7-12(13(22)20-23-2)24-14(11)21(19-8)10-5-3-4-9(6-10)15(16,17)18/h3-7H,1-2H3,(H,20,22). The summed E-state index contributed by atoms with van der Waals surface area (Å²) in [4.78, 5) is 17.4. The van der Waals surface area contributed by atoms with Gasteiger partial charge in [-0.2, -0.15) is 18.3 Å². The van der Waals surface area contributed by atoms with E-state index in [9.17, 15) is 18.0 Å². The molecular formula is C15H12F3N3O2S. The van der Waals surface area contributed by atoms with Crippen molar-refractivity contribution in [1.29, 1.82) is 0 Å². The second-order valence-electron chi connectivity index (χ2n) is 5.01. The van der Waals surface area contributed by atoms with Gasteiger partial charge in [0.05, 0.1) is 28.9 Å². The van der Waals surface area contributed by atoms with E-state index in [1.54, 1.807) is 13.0 Å². The number of aryl methyl sites for hydroxylation is 1. The van der Waals surface area contributed by atoms with E-state index in [1.165, 1.54) is 23.9 Å². The minimum absolute atomic E-state index is 0.281. The van der Waals surface area contributed by atoms with Crippen molar-refractivity contribution in [2.24, 2.45) is 0 Å². The van der Waals surface area contributed by atoms with Gasteiger partial charge in [0.15, 0.2) is 0 Å². The summed E-state index contributed by atoms with van der Waals surface area (Å²) < 4.78 is 40.1. The Labute approximate surface area is 138 Å². The minimum atomic E-state index is -4.43. The van der Waals surface area contributed by atoms with Crippen LogP contribution in [0.1, 0.15) is 20.9 Å². The van der Waals surface area contributed by atoms with Gasteiger partial charge in [0, 0.05) is 5.39 Å². The summed E-state index contributed by atoms with van der Waals surface area (Å²) in [5.41, 5.74) is 2.36. The molecule has 0 unspecified atom stereocenters. The van der Waals surface area contributed by atoms with Gasteiger partial charge in [0.25, 0.3) is 5.91 Å². The lowest BCUT2D eigenvalue weighted by atomic mass is 10.2. The van der Waals surface area contributed by atoms with Crippen molar-refractivity contribution in [3.05, 3.63) is 46.5 Å². The maximum absolute atomic E-state index is 12.9. The van der Waals surface area contributed by atoms with Gasteiger partial charge in [-0.05, 0) is 31.2 Å². The highest BCUT2D eigenvalue weighted by Crippen LogP contribution is 2.33. The van der Waals surface area contributed by atoms with E-state index in [1.807, 2.05) is 0 Å². The number of hydrogen-bond donors (Lipinski definition) is 1. The van der Waals surface area contributed by atoms with Crippen LogP contribution < -0.4 is 5.48 Å². The van der Waals surface area contributed by atoms with Crippen LogP contribution in [-0.2, 0) is 11.0 Å². The molecule has 0 aliphatic heterocycles. The monoisotopic (exact) mass is 355 g/mol. The van der Waals surface area contributed by atoms with Crippen molar-refractivity contribution in [3.63, 3.8) is 0 Å². The minimum Gasteiger partial charge on any atom is -0.277 e. The summed E-state index contributed by atoms with van der Waals surface area (Å²) in [5, 5.41) is 4.99. The molecule has 0 atom stereocenters. The number of thiophene rings is 1. The van der Waals surface area contributed by atoms with Gasteiger partial charge in [0.2, 0.25) is 0 Å². The number of benzene rings is 1. The molecule has 0 aliphatic rings. The Hall–Kier alpha value is -2.39. The topological polar surface area (TPSA) is 56.1 Å². The Morgan fingerprint density at radius 3 is 2.75 bits per heavy atom. The Morgan fingerprint density at radius 2 is 2.08 bits per heavy atom. The molecule has 0 aliphatic carbocycles. The molecule has 0 fully saturated rings. The largest absolute Gasteiger partial charge is 0.416 e. The van der Waals surface area contributed by atoms with E-state index >= 15 is 0 Å². The SMILES string of the molecule is CONC(=O)c1cc2c(C)nn(-c3cccc(C(F)(F)F)c3)c2s1. The molecule has 1 N–H and O–H groups in total. The highest BCUT2D eigenvalue weighted by molar-refractivity contribution is 7.20. The van der Waals surface area contributed by atoms with Gasteiger partial charge >= 0.3 is 6.18 Å². The summed E-state index contributed by atoms with van der Waals surface area (Å²) in [5.74, 6) is -0.423. The first-order chi connectivity index (χ1) is 11.3. The number of nitrogens with zero attached hydrogens (tertiary/aromatic N) is 2. The van der Waals surface area contributed by atoms with Gasteiger partial charge in [0.1, 0.15) is 4.83 Å². The van der Waals surface area contributed by atoms with Crippen LogP contribution in [0.4, 0.5) is 13.2 Å². The molecule has 0 spiro atoms. The number of aromatic nitrogens is 2. The lowest BCUT2D eigenvalue weighted by Crippen LogP contribution is -2.20. The van der Waals surface area contributed by atoms with Crippen LogP contribution in [0.25, 0.3) is 15.9 Å². The lowest BCUT2D eigenvalue weighted by Gasteiger charge is -2.09. The fourth-order valence-electron chi connectivity index (χ4n) is 2.29. The first-order valence-corrected chi connectivity index (χ1v) is 7.63. The maximum atomic E-state index is 12.9. The van der Waals surface area contributed by atoms with Crippen LogP contribution in [-0.4, -0.2) is 22.8 Å². The third kappa shape index (κ3) is 2.87. The van der Waals surface area contributed by atoms with Crippen LogP contribution in [0.2, 0.25) is 0 Å². The van der Waals surface area contributed by atoms with Crippen molar-refractivity contribution in [3.8, 4) is 5.69 Å². The molecule has 0 bridgehead atoms. The average Bonchev–Trinajstić information content (AvgIpc) is 3.08. The predicted molar refractivity (Wildman–Crippen MR) is 83.2 cm³/mol. The van der Waals surface area contributed by atoms with Gasteiger partial charge in [-0.25, -0.2) is 10.2 Å². The number of carbonyl (C=O) groups is 1. The van der Waals surface area contributed by atoms with Crippen LogP contribution in [0, 0.1) is 6.92 Å². The maximum Gasteiger partial charge on any atom is 0.416 e. The molecule has 1 amide bonds. The molecule has 1 aromatic carbocycles. The van der Waals surface area contributed by atoms with Crippen molar-refractivity contribution in [2.75, 3.05) is 7.11 Å². The van der Waals surface area contributed by atoms with Gasteiger partial charge in [-0.3, -0.25) is 9.63 Å². The highest BCUT2D eigenvalue weighted by atomic mass is 32.1. The summed E-state index contributed by atoms with van der Waals surface area (Å²) in [6.07, 6.45) is -4.43. The van der Waals surface area contributed by atoms with E-state index in [2.05, 4.69) is 15.4 Å². The molecule has 0 radical (unpaired) electrons. The number of carbonyl (C=O) groups excluding carboxylic acids is 1. The zero-order chi connectivity index (χ0) is 17.5. The molecule has 3 rings (SSSR count). The van der Waals surface area contributed by atoms with Gasteiger partial charge in [-0.1, -0.05) is 6.07 Å². The first kappa shape index (κ1) is 16.5. The van der Waals surface area contributed by atoms with Crippen molar-refractivity contribution < 1.29 is 22.8 Å². The quantitative estimate of drug-likeness (QED) is 0.729. The van der Waals surface area contributed by atoms with Crippen LogP contribution >= 0.6 is 11.3 Å². The Kier molecular flexibility index (Phi) is 4.06. The zero-order valence-corrected chi connectivity index (χ0v) is 13.5. The second kappa shape index (κ2) is 5.91. The first-order valence-electron chi connectivity index (χ1n) is 6.81. The number of rotatable bonds is 3. The Morgan fingerprint density at radius 1 is 1.33 bits per heavy atom. The molecular weight excluding hydrogens is 343 g/mol. The fraction of sp³-hybridized carbons (Fsp3) is 0.200. The third-order valence-electron chi connectivity index (χ3n) is 3.38. The molecule has 3 aromatic rings. The Balaban J connectivity index is 2.12. The second-order valence-corrected chi connectivity index (χ2v) is 6.04. The summed E-state index contributed by atoms with van der Waals surface area (Å²) in [6, 6.07) is 6.53. The van der Waals surface area contributed by atoms with Crippen molar-refractivity contribution >= 4 is 27.5 Å². The fourth-order valence-corrected chi connectivity index (χ4v) is 3.36. The number of fused-ring (bicyclic) bond motifs is 1. The van der Waals surface area contributed by atoms with Crippen LogP contribution in [0.3, 0.4) is 0 Å². The number of alkyl halides is 3. The van der Waals surface area contributed by atoms with E-state index in [-0.39, 0.29) is 5.69 Å². The smallest absolute Gasteiger partial charge is 0.277 e. The average molecular weight is 355 g/mol. The summed E-state index contributed by atoms with van der Waals surface area (Å²) in [7, 11) is 1.32. The summed E-state index contributed by atoms with van der Waals surface area (Å²) in [6.45, 7) is 1.73. The van der Waals surface area contributed by atoms with E-state index in [0.29, 0.717) is 20.8 Å².